The van der Waals surface area contributed by atoms with Crippen LogP contribution in [0.25, 0.3) is 0 Å². The van der Waals surface area contributed by atoms with Gasteiger partial charge in [0.1, 0.15) is 0 Å². The Bertz CT molecular complexity index is 884. The highest BCUT2D eigenvalue weighted by molar-refractivity contribution is 6.36. The largest absolute Gasteiger partial charge is 0.534 e. The van der Waals surface area contributed by atoms with Gasteiger partial charge in [0, 0.05) is 17.6 Å². The van der Waals surface area contributed by atoms with E-state index in [-0.39, 0.29) is 29.7 Å². The predicted octanol–water partition coefficient (Wildman–Crippen LogP) is 1.95. The van der Waals surface area contributed by atoms with Crippen LogP contribution >= 0.6 is 23.2 Å². The lowest BCUT2D eigenvalue weighted by molar-refractivity contribution is -0.156. The van der Waals surface area contributed by atoms with Crippen LogP contribution in [0.4, 0.5) is 0 Å². The molecular formula is C21H26BCl2N2O7. The van der Waals surface area contributed by atoms with Crippen molar-refractivity contribution in [3.8, 4) is 0 Å². The van der Waals surface area contributed by atoms with Crippen molar-refractivity contribution in [3.05, 3.63) is 33.8 Å². The molecule has 2 N–H and O–H groups in total. The molecule has 1 aromatic rings. The normalized spacial score (nSPS) is 18.4. The van der Waals surface area contributed by atoms with Crippen LogP contribution in [0.15, 0.2) is 18.2 Å². The third-order valence-corrected chi connectivity index (χ3v) is 5.40. The molecule has 0 aromatic heterocycles. The highest BCUT2D eigenvalue weighted by atomic mass is 35.5. The van der Waals surface area contributed by atoms with Crippen LogP contribution < -0.4 is 10.6 Å². The van der Waals surface area contributed by atoms with Gasteiger partial charge in [-0.1, -0.05) is 37.0 Å². The first-order valence-electron chi connectivity index (χ1n) is 10.4. The lowest BCUT2D eigenvalue weighted by atomic mass is 9.81. The Morgan fingerprint density at radius 1 is 1.21 bits per heavy atom. The van der Waals surface area contributed by atoms with Crippen LogP contribution in [0.3, 0.4) is 0 Å². The Balaban J connectivity index is 1.89. The number of rotatable bonds is 10. The van der Waals surface area contributed by atoms with E-state index in [1.54, 1.807) is 6.07 Å². The smallest absolute Gasteiger partial charge is 0.398 e. The molecule has 1 aliphatic heterocycles. The van der Waals surface area contributed by atoms with Gasteiger partial charge in [-0.15, -0.1) is 0 Å². The van der Waals surface area contributed by atoms with Crippen LogP contribution in [0, 0.1) is 11.8 Å². The van der Waals surface area contributed by atoms with Crippen molar-refractivity contribution in [3.63, 3.8) is 0 Å². The number of halogens is 2. The quantitative estimate of drug-likeness (QED) is 0.373. The summed E-state index contributed by atoms with van der Waals surface area (Å²) in [6.45, 7) is 3.78. The molecule has 9 nitrogen and oxygen atoms in total. The molecular weight excluding hydrogens is 474 g/mol. The van der Waals surface area contributed by atoms with Crippen LogP contribution in [-0.2, 0) is 28.5 Å². The summed E-state index contributed by atoms with van der Waals surface area (Å²) in [6, 6.07) is 4.43. The first-order chi connectivity index (χ1) is 15.6. The number of nitrogens with one attached hydrogen (secondary N) is 2. The molecule has 2 amide bonds. The molecule has 0 saturated carbocycles. The van der Waals surface area contributed by atoms with Crippen molar-refractivity contribution in [2.24, 2.45) is 11.8 Å². The summed E-state index contributed by atoms with van der Waals surface area (Å²) in [5.41, 5.74) is 0.146. The lowest BCUT2D eigenvalue weighted by Gasteiger charge is -2.21. The van der Waals surface area contributed by atoms with Gasteiger partial charge < -0.3 is 24.8 Å². The summed E-state index contributed by atoms with van der Waals surface area (Å²) in [6.07, 6.45) is -0.237. The molecule has 0 spiro atoms. The number of carbonyl (C=O) groups is 4. The Morgan fingerprint density at radius 3 is 2.61 bits per heavy atom. The van der Waals surface area contributed by atoms with E-state index in [2.05, 4.69) is 10.6 Å². The minimum Gasteiger partial charge on any atom is -0.534 e. The second-order valence-corrected chi connectivity index (χ2v) is 8.74. The average Bonchev–Trinajstić information content (AvgIpc) is 3.26. The van der Waals surface area contributed by atoms with Crippen molar-refractivity contribution < 1.29 is 33.3 Å². The van der Waals surface area contributed by atoms with Gasteiger partial charge in [-0.25, -0.2) is 0 Å². The number of esters is 1. The molecule has 1 radical (unpaired) electrons. The number of hydrogen-bond donors (Lipinski definition) is 2. The maximum Gasteiger partial charge on any atom is 0.398 e. The SMILES string of the molecule is COC(=O)[C@@H]1CCO[C@H]1C(=O)O[B][C@H](CC(C)C)NC(=O)CNC(=O)c1cc(Cl)ccc1Cl. The van der Waals surface area contributed by atoms with Gasteiger partial charge in [0.2, 0.25) is 5.91 Å². The number of amides is 2. The van der Waals surface area contributed by atoms with Crippen LogP contribution in [0.2, 0.25) is 10.0 Å². The molecule has 3 atom stereocenters. The molecule has 1 fully saturated rings. The maximum atomic E-state index is 12.4. The second kappa shape index (κ2) is 12.8. The average molecular weight is 500 g/mol. The Labute approximate surface area is 203 Å². The van der Waals surface area contributed by atoms with Crippen molar-refractivity contribution in [1.29, 1.82) is 0 Å². The second-order valence-electron chi connectivity index (χ2n) is 7.89. The van der Waals surface area contributed by atoms with Gasteiger partial charge in [-0.05, 0) is 37.0 Å². The molecule has 1 aromatic carbocycles. The summed E-state index contributed by atoms with van der Waals surface area (Å²) < 4.78 is 15.2. The first-order valence-corrected chi connectivity index (χ1v) is 11.1. The molecule has 2 rings (SSSR count). The van der Waals surface area contributed by atoms with Crippen molar-refractivity contribution in [2.75, 3.05) is 20.3 Å². The Kier molecular flexibility index (Phi) is 10.5. The minimum absolute atomic E-state index is 0.146. The zero-order chi connectivity index (χ0) is 24.5. The molecule has 33 heavy (non-hydrogen) atoms. The van der Waals surface area contributed by atoms with Crippen molar-refractivity contribution >= 4 is 54.4 Å². The minimum atomic E-state index is -1.06. The predicted molar refractivity (Wildman–Crippen MR) is 122 cm³/mol. The number of carbonyl (C=O) groups excluding carboxylic acids is 4. The zero-order valence-corrected chi connectivity index (χ0v) is 20.1. The van der Waals surface area contributed by atoms with E-state index in [1.165, 1.54) is 26.7 Å². The van der Waals surface area contributed by atoms with Gasteiger partial charge in [0.25, 0.3) is 5.91 Å². The number of benzene rings is 1. The van der Waals surface area contributed by atoms with Crippen molar-refractivity contribution in [2.45, 2.75) is 38.7 Å². The molecule has 12 heteroatoms. The summed E-state index contributed by atoms with van der Waals surface area (Å²) in [7, 11) is 2.44. The molecule has 1 aliphatic rings. The molecule has 0 bridgehead atoms. The van der Waals surface area contributed by atoms with Crippen molar-refractivity contribution in [1.82, 2.24) is 10.6 Å². The van der Waals surface area contributed by atoms with Gasteiger partial charge in [0.05, 0.1) is 30.2 Å². The van der Waals surface area contributed by atoms with E-state index in [0.29, 0.717) is 17.9 Å². The molecule has 0 aliphatic carbocycles. The molecule has 179 valence electrons. The standard InChI is InChI=1S/C21H26BCl2N2O7/c1-11(2)8-16(22-33-21(30)18-13(6-7-32-18)20(29)31-3)26-17(27)10-25-19(28)14-9-12(23)4-5-15(14)24/h4-5,9,11,13,16,18H,6-8,10H2,1-3H3,(H,25,28)(H,26,27)/t13-,16+,18-/m1/s1. The molecule has 0 unspecified atom stereocenters. The zero-order valence-electron chi connectivity index (χ0n) is 18.6. The van der Waals surface area contributed by atoms with E-state index < -0.39 is 41.7 Å². The lowest BCUT2D eigenvalue weighted by Crippen LogP contribution is -2.47. The van der Waals surface area contributed by atoms with E-state index in [0.717, 1.165) is 0 Å². The van der Waals surface area contributed by atoms with Gasteiger partial charge in [0.15, 0.2) is 6.10 Å². The molecule has 1 saturated heterocycles. The highest BCUT2D eigenvalue weighted by Gasteiger charge is 2.41. The number of methoxy groups -OCH3 is 1. The first kappa shape index (κ1) is 27.0. The highest BCUT2D eigenvalue weighted by Crippen LogP contribution is 2.23. The number of hydrogen-bond acceptors (Lipinski definition) is 7. The van der Waals surface area contributed by atoms with Gasteiger partial charge >= 0.3 is 19.4 Å². The van der Waals surface area contributed by atoms with E-state index in [4.69, 9.17) is 37.3 Å². The van der Waals surface area contributed by atoms with Gasteiger partial charge in [-0.3, -0.25) is 19.2 Å². The Hall–Kier alpha value is -2.30. The van der Waals surface area contributed by atoms with E-state index in [9.17, 15) is 19.2 Å². The molecule has 1 heterocycles. The fourth-order valence-electron chi connectivity index (χ4n) is 3.27. The van der Waals surface area contributed by atoms with Crippen LogP contribution in [0.1, 0.15) is 37.0 Å². The fraction of sp³-hybridized carbons (Fsp3) is 0.524. The third-order valence-electron chi connectivity index (χ3n) is 4.83. The third kappa shape index (κ3) is 8.21. The van der Waals surface area contributed by atoms with Gasteiger partial charge in [-0.2, -0.15) is 0 Å². The summed E-state index contributed by atoms with van der Waals surface area (Å²) in [5, 5.41) is 5.71. The monoisotopic (exact) mass is 499 g/mol. The van der Waals surface area contributed by atoms with E-state index in [1.807, 2.05) is 13.8 Å². The summed E-state index contributed by atoms with van der Waals surface area (Å²) in [5.74, 6) is -3.53. The van der Waals surface area contributed by atoms with Crippen LogP contribution in [0.5, 0.6) is 0 Å². The fourth-order valence-corrected chi connectivity index (χ4v) is 3.65. The van der Waals surface area contributed by atoms with E-state index >= 15 is 0 Å². The topological polar surface area (TPSA) is 120 Å². The summed E-state index contributed by atoms with van der Waals surface area (Å²) in [4.78, 5) is 48.9. The maximum absolute atomic E-state index is 12.4. The van der Waals surface area contributed by atoms with Crippen LogP contribution in [-0.4, -0.2) is 63.5 Å². The summed E-state index contributed by atoms with van der Waals surface area (Å²) >= 11 is 11.9. The number of ether oxygens (including phenoxy) is 2. The Morgan fingerprint density at radius 2 is 1.94 bits per heavy atom.